The predicted molar refractivity (Wildman–Crippen MR) is 129 cm³/mol. The van der Waals surface area contributed by atoms with E-state index >= 15 is 0 Å². The third-order valence-corrected chi connectivity index (χ3v) is 6.09. The Balaban J connectivity index is 1.49. The first-order valence-corrected chi connectivity index (χ1v) is 11.2. The second-order valence-electron chi connectivity index (χ2n) is 8.97. The highest BCUT2D eigenvalue weighted by Crippen LogP contribution is 2.38. The van der Waals surface area contributed by atoms with Gasteiger partial charge in [0.1, 0.15) is 23.1 Å². The van der Waals surface area contributed by atoms with E-state index < -0.39 is 5.66 Å². The second-order valence-corrected chi connectivity index (χ2v) is 8.97. The third-order valence-electron chi connectivity index (χ3n) is 6.09. The molecule has 0 aliphatic carbocycles. The van der Waals surface area contributed by atoms with Crippen molar-refractivity contribution in [3.05, 3.63) is 77.6 Å². The molecule has 5 rings (SSSR count). The molecule has 0 spiro atoms. The van der Waals surface area contributed by atoms with Gasteiger partial charge in [-0.05, 0) is 87.2 Å². The molecular formula is C26H28FN5O. The summed E-state index contributed by atoms with van der Waals surface area (Å²) >= 11 is 0. The number of amidine groups is 1. The zero-order chi connectivity index (χ0) is 23.2. The molecule has 1 saturated heterocycles. The van der Waals surface area contributed by atoms with Gasteiger partial charge in [-0.2, -0.15) is 0 Å². The molecule has 0 bridgehead atoms. The number of aromatic nitrogens is 2. The number of imidazole rings is 1. The molecule has 0 N–H and O–H groups in total. The number of benzene rings is 2. The van der Waals surface area contributed by atoms with Crippen LogP contribution >= 0.6 is 0 Å². The first-order chi connectivity index (χ1) is 15.9. The third kappa shape index (κ3) is 3.88. The van der Waals surface area contributed by atoms with Crippen molar-refractivity contribution in [1.29, 1.82) is 0 Å². The highest BCUT2D eigenvalue weighted by atomic mass is 19.1. The number of rotatable bonds is 4. The molecule has 1 fully saturated rings. The molecule has 3 heterocycles. The summed E-state index contributed by atoms with van der Waals surface area (Å²) in [6.45, 7) is 7.02. The van der Waals surface area contributed by atoms with Crippen molar-refractivity contribution in [2.75, 3.05) is 18.7 Å². The Labute approximate surface area is 193 Å². The van der Waals surface area contributed by atoms with Crippen molar-refractivity contribution < 1.29 is 9.13 Å². The van der Waals surface area contributed by atoms with Gasteiger partial charge in [0.2, 0.25) is 0 Å². The molecule has 0 atom stereocenters. The van der Waals surface area contributed by atoms with Gasteiger partial charge in [0.25, 0.3) is 0 Å². The minimum atomic E-state index is -0.461. The molecule has 0 amide bonds. The van der Waals surface area contributed by atoms with Gasteiger partial charge >= 0.3 is 0 Å². The Kier molecular flexibility index (Phi) is 5.19. The summed E-state index contributed by atoms with van der Waals surface area (Å²) in [5.74, 6) is 1.53. The molecule has 6 nitrogen and oxygen atoms in total. The summed E-state index contributed by atoms with van der Waals surface area (Å²) < 4.78 is 21.2. The van der Waals surface area contributed by atoms with Crippen LogP contribution in [-0.2, 0) is 0 Å². The first-order valence-electron chi connectivity index (χ1n) is 11.2. The predicted octanol–water partition coefficient (Wildman–Crippen LogP) is 5.38. The Morgan fingerprint density at radius 1 is 1.12 bits per heavy atom. The Morgan fingerprint density at radius 2 is 1.91 bits per heavy atom. The maximum atomic E-state index is 13.5. The minimum Gasteiger partial charge on any atom is -0.495 e. The van der Waals surface area contributed by atoms with Crippen molar-refractivity contribution >= 4 is 17.6 Å². The van der Waals surface area contributed by atoms with E-state index in [1.165, 1.54) is 17.7 Å². The highest BCUT2D eigenvalue weighted by molar-refractivity contribution is 6.05. The van der Waals surface area contributed by atoms with Crippen molar-refractivity contribution in [2.45, 2.75) is 39.3 Å². The molecule has 2 aromatic carbocycles. The lowest BCUT2D eigenvalue weighted by atomic mass is 10.0. The highest BCUT2D eigenvalue weighted by Gasteiger charge is 2.42. The van der Waals surface area contributed by atoms with E-state index in [0.29, 0.717) is 0 Å². The molecule has 170 valence electrons. The normalized spacial score (nSPS) is 18.5. The molecule has 0 radical (unpaired) electrons. The number of hydrazine groups is 1. The SMILES string of the molecule is COc1cc(/C=C2\CCCN3C2=NC(C)(C)N3c2ccc(F)cc2)ccc1-n1cnc(C)c1. The number of ether oxygens (including phenoxy) is 1. The number of aryl methyl sites for hydroxylation is 1. The maximum absolute atomic E-state index is 13.5. The Hall–Kier alpha value is -3.61. The van der Waals surface area contributed by atoms with E-state index in [4.69, 9.17) is 9.73 Å². The Morgan fingerprint density at radius 3 is 2.61 bits per heavy atom. The molecule has 33 heavy (non-hydrogen) atoms. The van der Waals surface area contributed by atoms with Crippen LogP contribution < -0.4 is 9.75 Å². The number of piperidine rings is 1. The molecule has 2 aliphatic rings. The fraction of sp³-hybridized carbons (Fsp3) is 0.308. The number of aliphatic imine (C=N–C) groups is 1. The largest absolute Gasteiger partial charge is 0.495 e. The van der Waals surface area contributed by atoms with Crippen molar-refractivity contribution in [3.63, 3.8) is 0 Å². The van der Waals surface area contributed by atoms with Crippen LogP contribution in [0.25, 0.3) is 11.8 Å². The lowest BCUT2D eigenvalue weighted by molar-refractivity contribution is 0.316. The number of fused-ring (bicyclic) bond motifs is 1. The van der Waals surface area contributed by atoms with Crippen LogP contribution in [0.5, 0.6) is 5.75 Å². The fourth-order valence-electron chi connectivity index (χ4n) is 4.65. The lowest BCUT2D eigenvalue weighted by Crippen LogP contribution is -2.51. The molecule has 7 heteroatoms. The van der Waals surface area contributed by atoms with E-state index in [1.54, 1.807) is 13.4 Å². The number of hydrogen-bond donors (Lipinski definition) is 0. The summed E-state index contributed by atoms with van der Waals surface area (Å²) in [7, 11) is 1.69. The second kappa shape index (κ2) is 8.06. The average molecular weight is 446 g/mol. The quantitative estimate of drug-likeness (QED) is 0.541. The van der Waals surface area contributed by atoms with Crippen LogP contribution in [0.2, 0.25) is 0 Å². The fourth-order valence-corrected chi connectivity index (χ4v) is 4.65. The van der Waals surface area contributed by atoms with Gasteiger partial charge < -0.3 is 9.30 Å². The van der Waals surface area contributed by atoms with Gasteiger partial charge in [-0.3, -0.25) is 10.0 Å². The topological polar surface area (TPSA) is 45.9 Å². The number of halogens is 1. The van der Waals surface area contributed by atoms with Gasteiger partial charge in [-0.15, -0.1) is 0 Å². The van der Waals surface area contributed by atoms with E-state index in [9.17, 15) is 4.39 Å². The van der Waals surface area contributed by atoms with Crippen molar-refractivity contribution in [2.24, 2.45) is 4.99 Å². The smallest absolute Gasteiger partial charge is 0.148 e. The summed E-state index contributed by atoms with van der Waals surface area (Å²) in [6.07, 6.45) is 7.94. The lowest BCUT2D eigenvalue weighted by Gasteiger charge is -2.41. The van der Waals surface area contributed by atoms with Crippen LogP contribution in [0.1, 0.15) is 37.9 Å². The molecule has 0 saturated carbocycles. The van der Waals surface area contributed by atoms with Crippen LogP contribution in [0.3, 0.4) is 0 Å². The van der Waals surface area contributed by atoms with Gasteiger partial charge in [0.15, 0.2) is 0 Å². The molecule has 1 aromatic heterocycles. The molecule has 3 aromatic rings. The minimum absolute atomic E-state index is 0.237. The van der Waals surface area contributed by atoms with Crippen LogP contribution in [0.4, 0.5) is 10.1 Å². The number of nitrogens with zero attached hydrogens (tertiary/aromatic N) is 5. The van der Waals surface area contributed by atoms with E-state index in [-0.39, 0.29) is 5.82 Å². The number of methoxy groups -OCH3 is 1. The van der Waals surface area contributed by atoms with Gasteiger partial charge in [-0.1, -0.05) is 6.07 Å². The van der Waals surface area contributed by atoms with Gasteiger partial charge in [0, 0.05) is 12.7 Å². The zero-order valence-corrected chi connectivity index (χ0v) is 19.4. The Bertz CT molecular complexity index is 1240. The molecular weight excluding hydrogens is 417 g/mol. The summed E-state index contributed by atoms with van der Waals surface area (Å²) in [6, 6.07) is 12.8. The van der Waals surface area contributed by atoms with Crippen LogP contribution in [0, 0.1) is 12.7 Å². The van der Waals surface area contributed by atoms with E-state index in [0.717, 1.165) is 53.6 Å². The summed E-state index contributed by atoms with van der Waals surface area (Å²) in [5.41, 5.74) is 4.63. The monoisotopic (exact) mass is 445 g/mol. The average Bonchev–Trinajstić information content (AvgIpc) is 3.34. The zero-order valence-electron chi connectivity index (χ0n) is 19.4. The van der Waals surface area contributed by atoms with Crippen LogP contribution in [0.15, 0.2) is 65.6 Å². The molecule has 0 unspecified atom stereocenters. The number of anilines is 1. The number of hydrogen-bond acceptors (Lipinski definition) is 5. The van der Waals surface area contributed by atoms with Gasteiger partial charge in [-0.25, -0.2) is 14.4 Å². The van der Waals surface area contributed by atoms with Gasteiger partial charge in [0.05, 0.1) is 30.5 Å². The van der Waals surface area contributed by atoms with Crippen LogP contribution in [-0.4, -0.2) is 39.7 Å². The maximum Gasteiger partial charge on any atom is 0.148 e. The summed E-state index contributed by atoms with van der Waals surface area (Å²) in [5, 5.41) is 4.39. The van der Waals surface area contributed by atoms with Crippen molar-refractivity contribution in [3.8, 4) is 11.4 Å². The standard InChI is InChI=1S/C26H28FN5O/c1-18-16-30(17-28-18)23-12-7-19(15-24(23)33-4)14-20-6-5-13-31-25(20)29-26(2,3)32(31)22-10-8-21(27)9-11-22/h7-12,14-17H,5-6,13H2,1-4H3/b20-14+. The molecule has 2 aliphatic heterocycles. The van der Waals surface area contributed by atoms with Crippen molar-refractivity contribution in [1.82, 2.24) is 14.6 Å². The first kappa shape index (κ1) is 21.2. The summed E-state index contributed by atoms with van der Waals surface area (Å²) in [4.78, 5) is 9.39. The van der Waals surface area contributed by atoms with E-state index in [2.05, 4.69) is 53.1 Å². The van der Waals surface area contributed by atoms with E-state index in [1.807, 2.05) is 29.8 Å².